The fourth-order valence-corrected chi connectivity index (χ4v) is 5.34. The van der Waals surface area contributed by atoms with Gasteiger partial charge in [-0.25, -0.2) is 9.59 Å². The molecule has 0 aliphatic carbocycles. The highest BCUT2D eigenvalue weighted by atomic mass is 32.1. The molecule has 2 aromatic carbocycles. The van der Waals surface area contributed by atoms with Gasteiger partial charge in [-0.1, -0.05) is 25.1 Å². The summed E-state index contributed by atoms with van der Waals surface area (Å²) in [6.07, 6.45) is -7.53. The highest BCUT2D eigenvalue weighted by Gasteiger charge is 2.39. The first-order chi connectivity index (χ1) is 25.2. The molecular formula is C34H37F6N5O8S. The zero-order valence-electron chi connectivity index (χ0n) is 28.9. The largest absolute Gasteiger partial charge is 0.490 e. The second-order valence-corrected chi connectivity index (χ2v) is 11.8. The van der Waals surface area contributed by atoms with Gasteiger partial charge >= 0.3 is 24.3 Å². The maximum Gasteiger partial charge on any atom is 0.490 e. The number of carbonyl (C=O) groups excluding carboxylic acids is 2. The van der Waals surface area contributed by atoms with Gasteiger partial charge in [0, 0.05) is 41.2 Å². The summed E-state index contributed by atoms with van der Waals surface area (Å²) >= 11 is 1.58. The number of carbonyl (C=O) groups is 4. The second-order valence-electron chi connectivity index (χ2n) is 10.7. The first kappa shape index (κ1) is 44.5. The van der Waals surface area contributed by atoms with Crippen molar-refractivity contribution in [3.63, 3.8) is 0 Å². The van der Waals surface area contributed by atoms with Crippen LogP contribution in [0.5, 0.6) is 11.5 Å². The molecule has 0 radical (unpaired) electrons. The van der Waals surface area contributed by atoms with Gasteiger partial charge in [-0.15, -0.1) is 11.3 Å². The molecule has 2 amide bonds. The molecule has 0 unspecified atom stereocenters. The summed E-state index contributed by atoms with van der Waals surface area (Å²) in [5, 5.41) is 23.3. The van der Waals surface area contributed by atoms with Crippen molar-refractivity contribution in [1.82, 2.24) is 10.3 Å². The van der Waals surface area contributed by atoms with Crippen molar-refractivity contribution in [2.75, 3.05) is 18.5 Å². The van der Waals surface area contributed by atoms with E-state index in [1.807, 2.05) is 62.5 Å². The number of benzene rings is 2. The topological polar surface area (TPSA) is 216 Å². The van der Waals surface area contributed by atoms with Crippen LogP contribution in [0.15, 0.2) is 54.0 Å². The minimum atomic E-state index is -5.08. The van der Waals surface area contributed by atoms with E-state index in [9.17, 15) is 35.9 Å². The van der Waals surface area contributed by atoms with Crippen molar-refractivity contribution in [1.29, 1.82) is 0 Å². The summed E-state index contributed by atoms with van der Waals surface area (Å²) in [5.41, 5.74) is 16.0. The van der Waals surface area contributed by atoms with Crippen LogP contribution in [0.3, 0.4) is 0 Å². The Morgan fingerprint density at radius 2 is 1.48 bits per heavy atom. The number of carboxylic acids is 2. The highest BCUT2D eigenvalue weighted by molar-refractivity contribution is 7.09. The summed E-state index contributed by atoms with van der Waals surface area (Å²) in [7, 11) is 0. The highest BCUT2D eigenvalue weighted by Crippen LogP contribution is 2.38. The van der Waals surface area contributed by atoms with Gasteiger partial charge < -0.3 is 41.8 Å². The molecule has 0 spiro atoms. The monoisotopic (exact) mass is 789 g/mol. The maximum absolute atomic E-state index is 12.7. The molecule has 4 aromatic rings. The van der Waals surface area contributed by atoms with E-state index in [1.54, 1.807) is 17.4 Å². The van der Waals surface area contributed by atoms with Crippen LogP contribution >= 0.6 is 11.3 Å². The molecule has 0 saturated carbocycles. The Morgan fingerprint density at radius 3 is 1.96 bits per heavy atom. The van der Waals surface area contributed by atoms with Crippen LogP contribution in [0.4, 0.5) is 37.7 Å². The number of hydrogen-bond acceptors (Lipinski definition) is 10. The predicted octanol–water partition coefficient (Wildman–Crippen LogP) is 5.95. The molecular weight excluding hydrogens is 752 g/mol. The average Bonchev–Trinajstić information content (AvgIpc) is 3.60. The number of alkyl halides is 6. The summed E-state index contributed by atoms with van der Waals surface area (Å²) in [5.74, 6) is -5.20. The third-order valence-electron chi connectivity index (χ3n) is 6.96. The van der Waals surface area contributed by atoms with E-state index in [2.05, 4.69) is 15.6 Å². The van der Waals surface area contributed by atoms with Gasteiger partial charge in [0.15, 0.2) is 11.5 Å². The van der Waals surface area contributed by atoms with Crippen LogP contribution in [0.2, 0.25) is 0 Å². The lowest BCUT2D eigenvalue weighted by Gasteiger charge is -2.20. The Balaban J connectivity index is 0.000000610. The molecule has 0 saturated heterocycles. The lowest BCUT2D eigenvalue weighted by atomic mass is 10.0. The zero-order valence-corrected chi connectivity index (χ0v) is 29.7. The van der Waals surface area contributed by atoms with Crippen LogP contribution in [-0.2, 0) is 33.8 Å². The quantitative estimate of drug-likeness (QED) is 0.0870. The molecule has 1 atom stereocenters. The number of thiophene rings is 1. The molecule has 0 aliphatic heterocycles. The number of ether oxygens (including phenoxy) is 2. The fourth-order valence-electron chi connectivity index (χ4n) is 4.58. The number of pyridine rings is 1. The van der Waals surface area contributed by atoms with Crippen molar-refractivity contribution in [3.8, 4) is 11.5 Å². The number of carboxylic acid groups (broad SMARTS) is 2. The van der Waals surface area contributed by atoms with Crippen molar-refractivity contribution in [2.45, 2.75) is 58.6 Å². The third-order valence-corrected chi connectivity index (χ3v) is 7.86. The number of fused-ring (bicyclic) bond motifs is 1. The van der Waals surface area contributed by atoms with Gasteiger partial charge in [0.05, 0.1) is 36.0 Å². The predicted molar refractivity (Wildman–Crippen MR) is 187 cm³/mol. The Labute approximate surface area is 308 Å². The number of halogens is 6. The third kappa shape index (κ3) is 13.1. The lowest BCUT2D eigenvalue weighted by Crippen LogP contribution is -2.41. The summed E-state index contributed by atoms with van der Waals surface area (Å²) in [4.78, 5) is 48.5. The van der Waals surface area contributed by atoms with Crippen LogP contribution in [0, 0.1) is 0 Å². The van der Waals surface area contributed by atoms with Crippen molar-refractivity contribution in [2.24, 2.45) is 11.5 Å². The molecule has 0 bridgehead atoms. The molecule has 4 rings (SSSR count). The number of primary amides is 1. The fraction of sp³-hybridized carbons (Fsp3) is 0.324. The van der Waals surface area contributed by atoms with Gasteiger partial charge in [-0.3, -0.25) is 14.6 Å². The Kier molecular flexibility index (Phi) is 16.5. The second kappa shape index (κ2) is 20.0. The minimum absolute atomic E-state index is 0.210. The molecule has 54 heavy (non-hydrogen) atoms. The Morgan fingerprint density at radius 1 is 0.907 bits per heavy atom. The van der Waals surface area contributed by atoms with E-state index in [1.165, 1.54) is 6.20 Å². The first-order valence-electron chi connectivity index (χ1n) is 15.8. The van der Waals surface area contributed by atoms with E-state index in [0.717, 1.165) is 21.7 Å². The number of aliphatic carboxylic acids is 2. The molecule has 2 heterocycles. The van der Waals surface area contributed by atoms with Crippen LogP contribution < -0.4 is 31.6 Å². The molecule has 2 aromatic heterocycles. The summed E-state index contributed by atoms with van der Waals surface area (Å²) < 4.78 is 75.1. The van der Waals surface area contributed by atoms with Gasteiger partial charge in [0.2, 0.25) is 5.91 Å². The van der Waals surface area contributed by atoms with E-state index in [4.69, 9.17) is 40.7 Å². The van der Waals surface area contributed by atoms with E-state index in [0.29, 0.717) is 60.7 Å². The smallest absolute Gasteiger partial charge is 0.490 e. The van der Waals surface area contributed by atoms with Crippen molar-refractivity contribution < 1.29 is 65.2 Å². The molecule has 8 N–H and O–H groups in total. The number of amides is 2. The lowest BCUT2D eigenvalue weighted by molar-refractivity contribution is -0.193. The van der Waals surface area contributed by atoms with Crippen LogP contribution in [0.25, 0.3) is 10.9 Å². The number of nitrogens with one attached hydrogen (secondary N) is 2. The minimum Gasteiger partial charge on any atom is -0.490 e. The SMILES string of the molecule is CCOc1cc2ncc(C(N)=O)c(Nc3cccc(CNC(=O)[C@@H](N)Cc4cccs4)c3CC)c2cc1OCC.O=C(O)C(F)(F)F.O=C(O)C(F)(F)F. The zero-order chi connectivity index (χ0) is 40.8. The van der Waals surface area contributed by atoms with Crippen molar-refractivity contribution >= 4 is 57.4 Å². The first-order valence-corrected chi connectivity index (χ1v) is 16.7. The van der Waals surface area contributed by atoms with E-state index in [-0.39, 0.29) is 11.5 Å². The summed E-state index contributed by atoms with van der Waals surface area (Å²) in [6.45, 7) is 7.07. The molecule has 0 fully saturated rings. The van der Waals surface area contributed by atoms with Gasteiger partial charge in [0.25, 0.3) is 5.91 Å². The normalized spacial score (nSPS) is 11.6. The Bertz CT molecular complexity index is 1880. The maximum atomic E-state index is 12.7. The van der Waals surface area contributed by atoms with E-state index >= 15 is 0 Å². The standard InChI is InChI=1S/C30H35N5O4S.2C2HF3O2/c1-4-20-18(16-34-30(37)23(31)13-19-10-8-12-40-19)9-7-11-24(20)35-28-21-14-26(38-5-2)27(39-6-3)15-25(21)33-17-22(28)29(32)36;2*3-2(4,5)1(6)7/h7-12,14-15,17,23H,4-6,13,16,31H2,1-3H3,(H2,32,36)(H,33,35)(H,34,37);2*(H,6,7)/t23-;;/m0../s1. The number of hydrogen-bond donors (Lipinski definition) is 6. The number of anilines is 2. The van der Waals surface area contributed by atoms with Gasteiger partial charge in [0.1, 0.15) is 0 Å². The molecule has 0 aliphatic rings. The van der Waals surface area contributed by atoms with Gasteiger partial charge in [-0.2, -0.15) is 26.3 Å². The molecule has 20 heteroatoms. The molecule has 13 nitrogen and oxygen atoms in total. The van der Waals surface area contributed by atoms with Crippen LogP contribution in [-0.4, -0.2) is 70.6 Å². The summed E-state index contributed by atoms with van der Waals surface area (Å²) in [6, 6.07) is 12.7. The van der Waals surface area contributed by atoms with Crippen molar-refractivity contribution in [3.05, 3.63) is 75.6 Å². The van der Waals surface area contributed by atoms with Crippen LogP contribution in [0.1, 0.15) is 47.1 Å². The Hall–Kier alpha value is -5.63. The average molecular weight is 790 g/mol. The number of aromatic nitrogens is 1. The van der Waals surface area contributed by atoms with E-state index < -0.39 is 36.2 Å². The molecule has 294 valence electrons. The number of nitrogens with two attached hydrogens (primary N) is 2. The number of nitrogens with zero attached hydrogens (tertiary/aromatic N) is 1. The number of rotatable bonds is 13. The van der Waals surface area contributed by atoms with Gasteiger partial charge in [-0.05, 0) is 55.0 Å².